The lowest BCUT2D eigenvalue weighted by atomic mass is 9.96. The van der Waals surface area contributed by atoms with E-state index in [1.807, 2.05) is 37.3 Å². The van der Waals surface area contributed by atoms with E-state index < -0.39 is 17.6 Å². The Kier molecular flexibility index (Phi) is 15.0. The van der Waals surface area contributed by atoms with E-state index in [2.05, 4.69) is 9.88 Å². The van der Waals surface area contributed by atoms with E-state index in [-0.39, 0.29) is 41.4 Å². The summed E-state index contributed by atoms with van der Waals surface area (Å²) in [4.78, 5) is 60.5. The number of primary amides is 1. The molecule has 13 nitrogen and oxygen atoms in total. The maximum absolute atomic E-state index is 14.8. The van der Waals surface area contributed by atoms with Crippen molar-refractivity contribution in [1.82, 2.24) is 24.6 Å². The van der Waals surface area contributed by atoms with Crippen molar-refractivity contribution in [3.8, 4) is 11.1 Å². The standard InChI is InChI=1S/C33H41FN6O5.C12H11ClN2/c34-29-6-5-23(20-30(35)26-3-1-2-4-27(26)32(36)43)19-28(29)33(44)40-17-15-39(16-18-40)31(42)21-37-11-7-24(8-12-37)45-25-9-13-38(22-41)14-10-25;1-8-12(14)6-10(7-15-8)9-3-2-4-11(13)5-9/h1-6,19,22,24-25,35H,7-18,20-21H2,(H2,36,43);2-7H,14H2,1H3. The molecule has 3 aliphatic heterocycles. The van der Waals surface area contributed by atoms with Crippen LogP contribution >= 0.6 is 11.6 Å². The van der Waals surface area contributed by atoms with Crippen LogP contribution in [0.3, 0.4) is 0 Å². The number of anilines is 1. The summed E-state index contributed by atoms with van der Waals surface area (Å²) in [5.74, 6) is -1.72. The fraction of sp³-hybridized carbons (Fsp3) is 0.378. The maximum atomic E-state index is 14.8. The second-order valence-corrected chi connectivity index (χ2v) is 15.9. The van der Waals surface area contributed by atoms with Crippen molar-refractivity contribution < 1.29 is 28.3 Å². The van der Waals surface area contributed by atoms with Gasteiger partial charge in [0.2, 0.25) is 18.2 Å². The van der Waals surface area contributed by atoms with Gasteiger partial charge in [-0.15, -0.1) is 0 Å². The number of benzene rings is 3. The number of halogens is 2. The number of nitrogens with zero attached hydrogens (tertiary/aromatic N) is 5. The summed E-state index contributed by atoms with van der Waals surface area (Å²) in [6, 6.07) is 20.3. The third-order valence-electron chi connectivity index (χ3n) is 11.3. The molecule has 5 N–H and O–H groups in total. The zero-order valence-corrected chi connectivity index (χ0v) is 34.6. The summed E-state index contributed by atoms with van der Waals surface area (Å²) in [6.07, 6.45) is 6.62. The van der Waals surface area contributed by atoms with Crippen LogP contribution in [0.4, 0.5) is 10.1 Å². The minimum Gasteiger partial charge on any atom is -0.397 e. The molecule has 316 valence electrons. The summed E-state index contributed by atoms with van der Waals surface area (Å²) in [7, 11) is 0. The van der Waals surface area contributed by atoms with Gasteiger partial charge in [-0.05, 0) is 80.1 Å². The van der Waals surface area contributed by atoms with Crippen molar-refractivity contribution in [2.45, 2.75) is 51.2 Å². The lowest BCUT2D eigenvalue weighted by Gasteiger charge is -2.38. The molecule has 3 fully saturated rings. The molecule has 0 spiro atoms. The number of pyridine rings is 1. The van der Waals surface area contributed by atoms with Crippen LogP contribution < -0.4 is 11.5 Å². The summed E-state index contributed by atoms with van der Waals surface area (Å²) >= 11 is 5.91. The molecule has 1 aromatic heterocycles. The Morgan fingerprint density at radius 3 is 2.12 bits per heavy atom. The Hall–Kier alpha value is -5.70. The zero-order valence-electron chi connectivity index (χ0n) is 33.8. The number of nitrogens with two attached hydrogens (primary N) is 2. The number of amides is 4. The van der Waals surface area contributed by atoms with Gasteiger partial charge in [0.1, 0.15) is 5.82 Å². The molecular formula is C45H52ClFN8O5. The molecule has 4 aromatic rings. The second-order valence-electron chi connectivity index (χ2n) is 15.4. The van der Waals surface area contributed by atoms with Crippen molar-refractivity contribution in [3.63, 3.8) is 0 Å². The molecule has 0 atom stereocenters. The van der Waals surface area contributed by atoms with Crippen molar-refractivity contribution in [2.75, 3.05) is 64.6 Å². The summed E-state index contributed by atoms with van der Waals surface area (Å²) in [6.45, 7) is 6.59. The van der Waals surface area contributed by atoms with Gasteiger partial charge in [-0.3, -0.25) is 29.1 Å². The molecule has 3 aliphatic rings. The third-order valence-corrected chi connectivity index (χ3v) is 11.5. The quantitative estimate of drug-likeness (QED) is 0.136. The minimum atomic E-state index is -0.648. The maximum Gasteiger partial charge on any atom is 0.256 e. The number of carbonyl (C=O) groups excluding carboxylic acids is 4. The van der Waals surface area contributed by atoms with Crippen LogP contribution in [-0.2, 0) is 20.7 Å². The monoisotopic (exact) mass is 838 g/mol. The van der Waals surface area contributed by atoms with Crippen LogP contribution in [0.5, 0.6) is 0 Å². The number of aryl methyl sites for hydroxylation is 1. The Labute approximate surface area is 354 Å². The number of nitrogen functional groups attached to an aromatic ring is 1. The largest absolute Gasteiger partial charge is 0.397 e. The molecule has 0 aliphatic carbocycles. The van der Waals surface area contributed by atoms with Gasteiger partial charge in [-0.2, -0.15) is 0 Å². The first kappa shape index (κ1) is 43.9. The van der Waals surface area contributed by atoms with E-state index in [4.69, 9.17) is 33.2 Å². The topological polar surface area (TPSA) is 179 Å². The third kappa shape index (κ3) is 11.5. The average Bonchev–Trinajstić information content (AvgIpc) is 3.26. The van der Waals surface area contributed by atoms with Crippen molar-refractivity contribution in [1.29, 1.82) is 5.41 Å². The van der Waals surface area contributed by atoms with E-state index in [9.17, 15) is 23.6 Å². The highest BCUT2D eigenvalue weighted by molar-refractivity contribution is 6.30. The van der Waals surface area contributed by atoms with E-state index >= 15 is 0 Å². The number of piperidine rings is 2. The Bertz CT molecular complexity index is 2180. The predicted molar refractivity (Wildman–Crippen MR) is 229 cm³/mol. The van der Waals surface area contributed by atoms with Crippen LogP contribution in [0.25, 0.3) is 11.1 Å². The summed E-state index contributed by atoms with van der Waals surface area (Å²) < 4.78 is 21.1. The van der Waals surface area contributed by atoms with Gasteiger partial charge in [0.15, 0.2) is 0 Å². The van der Waals surface area contributed by atoms with Gasteiger partial charge in [0.25, 0.3) is 5.91 Å². The first-order valence-corrected chi connectivity index (χ1v) is 20.6. The Balaban J connectivity index is 0.000000336. The lowest BCUT2D eigenvalue weighted by molar-refractivity contribution is -0.135. The van der Waals surface area contributed by atoms with Gasteiger partial charge in [-0.25, -0.2) is 4.39 Å². The molecule has 60 heavy (non-hydrogen) atoms. The van der Waals surface area contributed by atoms with Crippen molar-refractivity contribution >= 4 is 47.1 Å². The normalized spacial score (nSPS) is 16.5. The number of hydrogen-bond donors (Lipinski definition) is 3. The van der Waals surface area contributed by atoms with Crippen LogP contribution in [0.15, 0.2) is 79.0 Å². The molecule has 3 saturated heterocycles. The second kappa shape index (κ2) is 20.5. The van der Waals surface area contributed by atoms with Crippen LogP contribution in [0.1, 0.15) is 63.2 Å². The molecule has 4 amide bonds. The smallest absolute Gasteiger partial charge is 0.256 e. The molecule has 0 unspecified atom stereocenters. The number of rotatable bonds is 11. The van der Waals surface area contributed by atoms with Gasteiger partial charge in [0.05, 0.1) is 35.7 Å². The zero-order chi connectivity index (χ0) is 42.8. The highest BCUT2D eigenvalue weighted by Gasteiger charge is 2.30. The highest BCUT2D eigenvalue weighted by Crippen LogP contribution is 2.25. The van der Waals surface area contributed by atoms with E-state index in [0.717, 1.165) is 75.1 Å². The molecular weight excluding hydrogens is 787 g/mol. The van der Waals surface area contributed by atoms with Crippen LogP contribution in [0.2, 0.25) is 5.02 Å². The molecule has 7 rings (SSSR count). The summed E-state index contributed by atoms with van der Waals surface area (Å²) in [5, 5.41) is 9.22. The summed E-state index contributed by atoms with van der Waals surface area (Å²) in [5.41, 5.74) is 16.1. The van der Waals surface area contributed by atoms with Crippen molar-refractivity contribution in [3.05, 3.63) is 118 Å². The number of piperazine rings is 1. The number of aromatic nitrogens is 1. The fourth-order valence-electron chi connectivity index (χ4n) is 7.70. The van der Waals surface area contributed by atoms with Gasteiger partial charge < -0.3 is 36.3 Å². The molecule has 0 bridgehead atoms. The molecule has 0 saturated carbocycles. The predicted octanol–water partition coefficient (Wildman–Crippen LogP) is 5.21. The lowest BCUT2D eigenvalue weighted by Crippen LogP contribution is -2.53. The molecule has 15 heteroatoms. The van der Waals surface area contributed by atoms with Crippen LogP contribution in [0, 0.1) is 18.2 Å². The number of hydrogen-bond acceptors (Lipinski definition) is 9. The van der Waals surface area contributed by atoms with E-state index in [0.29, 0.717) is 54.6 Å². The number of ether oxygens (including phenoxy) is 1. The van der Waals surface area contributed by atoms with E-state index in [1.165, 1.54) is 18.2 Å². The van der Waals surface area contributed by atoms with Gasteiger partial charge in [0, 0.05) is 92.4 Å². The highest BCUT2D eigenvalue weighted by atomic mass is 35.5. The first-order chi connectivity index (χ1) is 28.9. The number of nitrogens with one attached hydrogen (secondary N) is 1. The Morgan fingerprint density at radius 2 is 1.48 bits per heavy atom. The number of carbonyl (C=O) groups is 4. The molecule has 0 radical (unpaired) electrons. The fourth-order valence-corrected chi connectivity index (χ4v) is 7.89. The average molecular weight is 839 g/mol. The Morgan fingerprint density at radius 1 is 0.833 bits per heavy atom. The molecule has 4 heterocycles. The first-order valence-electron chi connectivity index (χ1n) is 20.3. The van der Waals surface area contributed by atoms with E-state index in [1.54, 1.807) is 45.2 Å². The molecule has 3 aromatic carbocycles. The van der Waals surface area contributed by atoms with Crippen molar-refractivity contribution in [2.24, 2.45) is 5.73 Å². The SMILES string of the molecule is Cc1ncc(-c2cccc(Cl)c2)cc1N.N=C(Cc1ccc(F)c(C(=O)N2CCN(C(=O)CN3CCC(OC4CCN(C=O)CC4)CC3)CC2)c1)c1ccccc1C(N)=O. The van der Waals surface area contributed by atoms with Gasteiger partial charge >= 0.3 is 0 Å². The minimum absolute atomic E-state index is 0.0191. The van der Waals surface area contributed by atoms with Gasteiger partial charge in [-0.1, -0.05) is 48.0 Å². The van der Waals surface area contributed by atoms with Crippen LogP contribution in [-0.4, -0.2) is 126 Å². The number of likely N-dealkylation sites (tertiary alicyclic amines) is 2.